The second-order valence-electron chi connectivity index (χ2n) is 8.48. The molecule has 0 atom stereocenters. The van der Waals surface area contributed by atoms with E-state index in [2.05, 4.69) is 54.6 Å². The molecule has 6 heteroatoms. The topological polar surface area (TPSA) is 73.8 Å². The number of nitrogens with zero attached hydrogens (tertiary/aromatic N) is 2. The summed E-state index contributed by atoms with van der Waals surface area (Å²) in [6.07, 6.45) is 5.06. The number of rotatable bonds is 8. The lowest BCUT2D eigenvalue weighted by Crippen LogP contribution is -2.34. The molecule has 0 aromatic heterocycles. The van der Waals surface area contributed by atoms with E-state index >= 15 is 0 Å². The fraction of sp³-hybridized carbons (Fsp3) is 0.370. The molecule has 6 nitrogen and oxygen atoms in total. The van der Waals surface area contributed by atoms with Crippen molar-refractivity contribution in [2.75, 3.05) is 30.8 Å². The predicted molar refractivity (Wildman–Crippen MR) is 138 cm³/mol. The van der Waals surface area contributed by atoms with Crippen molar-refractivity contribution in [1.82, 2.24) is 4.90 Å². The molecule has 0 fully saturated rings. The second-order valence-corrected chi connectivity index (χ2v) is 8.48. The summed E-state index contributed by atoms with van der Waals surface area (Å²) < 4.78 is 0. The highest BCUT2D eigenvalue weighted by molar-refractivity contribution is 6.10. The fourth-order valence-electron chi connectivity index (χ4n) is 4.22. The van der Waals surface area contributed by atoms with Gasteiger partial charge in [-0.05, 0) is 67.2 Å². The van der Waals surface area contributed by atoms with Crippen LogP contribution < -0.4 is 10.6 Å². The van der Waals surface area contributed by atoms with E-state index in [0.717, 1.165) is 76.5 Å². The van der Waals surface area contributed by atoms with E-state index in [0.29, 0.717) is 12.8 Å². The van der Waals surface area contributed by atoms with E-state index < -0.39 is 0 Å². The third kappa shape index (κ3) is 5.51. The Bertz CT molecular complexity index is 1100. The monoisotopic (exact) mass is 446 g/mol. The molecule has 1 aliphatic rings. The third-order valence-electron chi connectivity index (χ3n) is 5.95. The van der Waals surface area contributed by atoms with Crippen LogP contribution in [0.3, 0.4) is 0 Å². The minimum Gasteiger partial charge on any atom is -0.343 e. The highest BCUT2D eigenvalue weighted by Gasteiger charge is 2.23. The van der Waals surface area contributed by atoms with Crippen molar-refractivity contribution in [3.05, 3.63) is 52.6 Å². The molecule has 174 valence electrons. The summed E-state index contributed by atoms with van der Waals surface area (Å²) in [4.78, 5) is 30.7. The molecule has 2 N–H and O–H groups in total. The predicted octanol–water partition coefficient (Wildman–Crippen LogP) is 5.41. The lowest BCUT2D eigenvalue weighted by atomic mass is 9.95. The largest absolute Gasteiger partial charge is 0.343 e. The number of aliphatic imine (C=N–C) groups is 1. The Morgan fingerprint density at radius 1 is 1.09 bits per heavy atom. The number of benzene rings is 2. The zero-order valence-electron chi connectivity index (χ0n) is 20.3. The molecule has 0 unspecified atom stereocenters. The maximum absolute atomic E-state index is 13.4. The molecule has 0 spiro atoms. The van der Waals surface area contributed by atoms with Gasteiger partial charge in [0.1, 0.15) is 5.84 Å². The van der Waals surface area contributed by atoms with Crippen LogP contribution >= 0.6 is 0 Å². The number of hydrogen-bond donors (Lipinski definition) is 2. The van der Waals surface area contributed by atoms with Gasteiger partial charge in [0, 0.05) is 49.1 Å². The number of hydrogen-bond acceptors (Lipinski definition) is 3. The summed E-state index contributed by atoms with van der Waals surface area (Å²) in [5.74, 6) is 0.853. The van der Waals surface area contributed by atoms with E-state index in [-0.39, 0.29) is 5.91 Å². The van der Waals surface area contributed by atoms with Crippen molar-refractivity contribution in [2.24, 2.45) is 4.99 Å². The van der Waals surface area contributed by atoms with E-state index in [1.807, 2.05) is 30.0 Å². The number of carbonyl (C=O) groups is 2. The second kappa shape index (κ2) is 10.9. The molecule has 0 radical (unpaired) electrons. The van der Waals surface area contributed by atoms with Crippen LogP contribution in [0.25, 0.3) is 17.2 Å². The normalized spacial score (nSPS) is 14.1. The molecule has 1 heterocycles. The molecule has 0 bridgehead atoms. The first-order valence-corrected chi connectivity index (χ1v) is 11.6. The number of anilines is 2. The van der Waals surface area contributed by atoms with E-state index in [1.54, 1.807) is 7.05 Å². The first-order chi connectivity index (χ1) is 15.9. The van der Waals surface area contributed by atoms with E-state index in [9.17, 15) is 9.59 Å². The Kier molecular flexibility index (Phi) is 8.04. The summed E-state index contributed by atoms with van der Waals surface area (Å²) >= 11 is 0. The smallest absolute Gasteiger partial charge is 0.250 e. The van der Waals surface area contributed by atoms with Crippen LogP contribution in [0.5, 0.6) is 0 Å². The van der Waals surface area contributed by atoms with Gasteiger partial charge in [-0.3, -0.25) is 14.6 Å². The van der Waals surface area contributed by atoms with Crippen LogP contribution in [0.2, 0.25) is 0 Å². The van der Waals surface area contributed by atoms with Gasteiger partial charge in [-0.15, -0.1) is 0 Å². The lowest BCUT2D eigenvalue weighted by molar-refractivity contribution is -0.127. The van der Waals surface area contributed by atoms with Crippen molar-refractivity contribution in [3.63, 3.8) is 0 Å². The highest BCUT2D eigenvalue weighted by Crippen LogP contribution is 2.34. The number of amides is 2. The van der Waals surface area contributed by atoms with Gasteiger partial charge in [-0.1, -0.05) is 32.0 Å². The summed E-state index contributed by atoms with van der Waals surface area (Å²) in [5, 5.41) is 6.23. The fourth-order valence-corrected chi connectivity index (χ4v) is 4.22. The molecule has 0 aliphatic carbocycles. The van der Waals surface area contributed by atoms with Gasteiger partial charge in [-0.2, -0.15) is 0 Å². The quantitative estimate of drug-likeness (QED) is 0.532. The Balaban J connectivity index is 2.07. The number of aryl methyl sites for hydroxylation is 2. The summed E-state index contributed by atoms with van der Waals surface area (Å²) in [6, 6.07) is 10.2. The summed E-state index contributed by atoms with van der Waals surface area (Å²) in [6.45, 7) is 9.73. The van der Waals surface area contributed by atoms with E-state index in [1.165, 1.54) is 0 Å². The minimum atomic E-state index is 0.0843. The number of carbonyl (C=O) groups excluding carboxylic acids is 2. The molecular weight excluding hydrogens is 412 g/mol. The van der Waals surface area contributed by atoms with Crippen LogP contribution in [-0.4, -0.2) is 43.2 Å². The van der Waals surface area contributed by atoms with Gasteiger partial charge in [0.15, 0.2) is 0 Å². The van der Waals surface area contributed by atoms with Gasteiger partial charge < -0.3 is 15.5 Å². The minimum absolute atomic E-state index is 0.0843. The first-order valence-electron chi connectivity index (χ1n) is 11.6. The van der Waals surface area contributed by atoms with Gasteiger partial charge in [0.2, 0.25) is 12.3 Å². The molecule has 2 amide bonds. The zero-order chi connectivity index (χ0) is 24.0. The van der Waals surface area contributed by atoms with Gasteiger partial charge in [0.05, 0.1) is 0 Å². The van der Waals surface area contributed by atoms with Crippen LogP contribution in [-0.2, 0) is 9.59 Å². The van der Waals surface area contributed by atoms with Crippen molar-refractivity contribution < 1.29 is 9.59 Å². The number of nitrogens with one attached hydrogen (secondary N) is 2. The van der Waals surface area contributed by atoms with Crippen molar-refractivity contribution >= 4 is 35.6 Å². The average molecular weight is 447 g/mol. The molecule has 33 heavy (non-hydrogen) atoms. The van der Waals surface area contributed by atoms with Crippen molar-refractivity contribution in [1.29, 1.82) is 0 Å². The summed E-state index contributed by atoms with van der Waals surface area (Å²) in [7, 11) is 1.75. The Morgan fingerprint density at radius 2 is 1.82 bits per heavy atom. The molecular formula is C27H34N4O2. The molecule has 0 saturated heterocycles. The van der Waals surface area contributed by atoms with Crippen LogP contribution in [0, 0.1) is 13.8 Å². The maximum atomic E-state index is 13.4. The highest BCUT2D eigenvalue weighted by atomic mass is 16.2. The summed E-state index contributed by atoms with van der Waals surface area (Å²) in [5.41, 5.74) is 7.60. The Labute approximate surface area is 196 Å². The molecule has 2 aromatic carbocycles. The Hall–Kier alpha value is -3.41. The third-order valence-corrected chi connectivity index (χ3v) is 5.95. The zero-order valence-corrected chi connectivity index (χ0v) is 20.3. The van der Waals surface area contributed by atoms with Crippen LogP contribution in [0.1, 0.15) is 49.8 Å². The Morgan fingerprint density at radius 3 is 2.45 bits per heavy atom. The molecule has 3 rings (SSSR count). The van der Waals surface area contributed by atoms with Gasteiger partial charge in [-0.25, -0.2) is 0 Å². The van der Waals surface area contributed by atoms with Crippen molar-refractivity contribution in [3.8, 4) is 11.1 Å². The number of amidine groups is 1. The van der Waals surface area contributed by atoms with Gasteiger partial charge >= 0.3 is 0 Å². The molecule has 2 aromatic rings. The van der Waals surface area contributed by atoms with Crippen LogP contribution in [0.4, 0.5) is 11.4 Å². The number of fused-ring (bicyclic) bond motifs is 1. The van der Waals surface area contributed by atoms with E-state index in [4.69, 9.17) is 0 Å². The maximum Gasteiger partial charge on any atom is 0.250 e. The average Bonchev–Trinajstić information content (AvgIpc) is 3.00. The molecule has 0 saturated carbocycles. The standard InChI is InChI=1S/C27H34N4O2/c1-6-10-31(11-7-2)27(33)22-13-23-19(4)12-21(15-25(23)30-26(16-22)28-5)20-9-8-18(3)24(14-20)29-17-32/h8-9,12-15,17H,6-7,10-11,16H2,1-5H3,(H,28,30)(H,29,32). The van der Waals surface area contributed by atoms with Crippen LogP contribution in [0.15, 0.2) is 40.9 Å². The first kappa shape index (κ1) is 24.2. The van der Waals surface area contributed by atoms with Crippen molar-refractivity contribution in [2.45, 2.75) is 47.0 Å². The lowest BCUT2D eigenvalue weighted by Gasteiger charge is -2.22. The van der Waals surface area contributed by atoms with Gasteiger partial charge in [0.25, 0.3) is 0 Å². The SMILES string of the molecule is CCCN(CCC)C(=O)C1=Cc2c(C)cc(-c3ccc(C)c(NC=O)c3)cc2NC(=NC)C1. The molecule has 1 aliphatic heterocycles.